The van der Waals surface area contributed by atoms with Crippen LogP contribution in [0.15, 0.2) is 55.2 Å². The van der Waals surface area contributed by atoms with Gasteiger partial charge in [-0.2, -0.15) is 9.78 Å². The molecule has 1 aliphatic heterocycles. The molecule has 182 valence electrons. The van der Waals surface area contributed by atoms with Crippen molar-refractivity contribution in [3.8, 4) is 16.9 Å². The Morgan fingerprint density at radius 1 is 1.00 bits per heavy atom. The van der Waals surface area contributed by atoms with Gasteiger partial charge < -0.3 is 14.4 Å². The second kappa shape index (κ2) is 9.13. The lowest BCUT2D eigenvalue weighted by Gasteiger charge is -2.20. The fraction of sp³-hybridized carbons (Fsp3) is 0.423. The van der Waals surface area contributed by atoms with Crippen LogP contribution in [0.3, 0.4) is 0 Å². The van der Waals surface area contributed by atoms with Gasteiger partial charge in [0.1, 0.15) is 17.7 Å². The zero-order valence-corrected chi connectivity index (χ0v) is 20.1. The van der Waals surface area contributed by atoms with Gasteiger partial charge >= 0.3 is 12.0 Å². The lowest BCUT2D eigenvalue weighted by Crippen LogP contribution is -2.35. The molecular weight excluding hydrogens is 446 g/mol. The first kappa shape index (κ1) is 23.0. The molecule has 0 bridgehead atoms. The Morgan fingerprint density at radius 2 is 1.71 bits per heavy atom. The summed E-state index contributed by atoms with van der Waals surface area (Å²) in [5.74, 6) is 1.06. The van der Waals surface area contributed by atoms with Gasteiger partial charge in [-0.25, -0.2) is 19.6 Å². The molecule has 2 aromatic heterocycles. The Bertz CT molecular complexity index is 1210. The third kappa shape index (κ3) is 5.18. The molecular formula is C26H29N5O4. The predicted molar refractivity (Wildman–Crippen MR) is 128 cm³/mol. The van der Waals surface area contributed by atoms with Crippen LogP contribution in [0.2, 0.25) is 0 Å². The molecule has 1 saturated carbocycles. The molecule has 1 saturated heterocycles. The Morgan fingerprint density at radius 3 is 2.40 bits per heavy atom. The van der Waals surface area contributed by atoms with Gasteiger partial charge in [-0.1, -0.05) is 12.1 Å². The number of esters is 1. The average Bonchev–Trinajstić information content (AvgIpc) is 3.54. The Balaban J connectivity index is 1.17. The van der Waals surface area contributed by atoms with Crippen LogP contribution in [0.4, 0.5) is 4.79 Å². The van der Waals surface area contributed by atoms with Gasteiger partial charge in [-0.15, -0.1) is 0 Å². The number of hydrogen-bond donors (Lipinski definition) is 0. The number of aromatic nitrogens is 4. The fourth-order valence-corrected chi connectivity index (χ4v) is 4.90. The summed E-state index contributed by atoms with van der Waals surface area (Å²) in [7, 11) is 0. The van der Waals surface area contributed by atoms with Crippen molar-refractivity contribution >= 4 is 12.0 Å². The summed E-state index contributed by atoms with van der Waals surface area (Å²) < 4.78 is 12.9. The van der Waals surface area contributed by atoms with E-state index in [0.29, 0.717) is 24.9 Å². The van der Waals surface area contributed by atoms with Crippen LogP contribution < -0.4 is 4.74 Å². The summed E-state index contributed by atoms with van der Waals surface area (Å²) in [5.41, 5.74) is 1.48. The molecule has 3 aromatic rings. The highest BCUT2D eigenvalue weighted by atomic mass is 16.6. The number of carbonyl (C=O) groups is 2. The number of fused-ring (bicyclic) bond motifs is 1. The third-order valence-electron chi connectivity index (χ3n) is 6.40. The minimum atomic E-state index is -0.618. The van der Waals surface area contributed by atoms with Crippen LogP contribution in [0.5, 0.6) is 5.75 Å². The van der Waals surface area contributed by atoms with Gasteiger partial charge in [0.25, 0.3) is 0 Å². The molecule has 0 unspecified atom stereocenters. The molecule has 35 heavy (non-hydrogen) atoms. The van der Waals surface area contributed by atoms with Crippen molar-refractivity contribution in [2.24, 2.45) is 11.8 Å². The monoisotopic (exact) mass is 475 g/mol. The van der Waals surface area contributed by atoms with E-state index in [4.69, 9.17) is 9.47 Å². The van der Waals surface area contributed by atoms with Crippen molar-refractivity contribution in [3.63, 3.8) is 0 Å². The Hall–Kier alpha value is -3.75. The van der Waals surface area contributed by atoms with Gasteiger partial charge in [0.2, 0.25) is 0 Å². The highest BCUT2D eigenvalue weighted by Crippen LogP contribution is 2.40. The number of carbonyl (C=O) groups excluding carboxylic acids is 2. The summed E-state index contributed by atoms with van der Waals surface area (Å²) in [6.07, 6.45) is 8.52. The number of nitrogens with zero attached hydrogens (tertiary/aromatic N) is 5. The van der Waals surface area contributed by atoms with Crippen molar-refractivity contribution in [1.29, 1.82) is 0 Å². The van der Waals surface area contributed by atoms with Crippen LogP contribution >= 0.6 is 0 Å². The second-order valence-corrected chi connectivity index (χ2v) is 10.2. The van der Waals surface area contributed by atoms with E-state index in [1.807, 2.05) is 29.2 Å². The number of ether oxygens (including phenoxy) is 2. The molecule has 0 N–H and O–H groups in total. The van der Waals surface area contributed by atoms with Crippen molar-refractivity contribution < 1.29 is 19.1 Å². The van der Waals surface area contributed by atoms with E-state index in [2.05, 4.69) is 15.1 Å². The van der Waals surface area contributed by atoms with Crippen LogP contribution in [0, 0.1) is 11.8 Å². The van der Waals surface area contributed by atoms with E-state index in [-0.39, 0.29) is 17.8 Å². The van der Waals surface area contributed by atoms with Crippen molar-refractivity contribution in [2.75, 3.05) is 13.1 Å². The molecule has 3 heterocycles. The van der Waals surface area contributed by atoms with Gasteiger partial charge in [0.05, 0.1) is 6.10 Å². The standard InChI is InChI=1S/C26H29N5O4/c1-26(2,3)35-24(32)23-7-8-31(29-23)25(33)30-14-18-10-22(11-19(18)15-30)34-21-6-4-5-17(9-21)20-12-27-16-28-13-20/h4-9,12-13,16,18-19,22H,10-11,14-15H2,1-3H3/t18-,19+,22+. The number of likely N-dealkylation sites (tertiary alicyclic amines) is 1. The van der Waals surface area contributed by atoms with E-state index >= 15 is 0 Å². The lowest BCUT2D eigenvalue weighted by molar-refractivity contribution is 0.00623. The molecule has 5 rings (SSSR count). The van der Waals surface area contributed by atoms with Gasteiger partial charge in [0, 0.05) is 37.2 Å². The lowest BCUT2D eigenvalue weighted by atomic mass is 10.0. The molecule has 0 radical (unpaired) electrons. The van der Waals surface area contributed by atoms with E-state index in [1.54, 1.807) is 33.2 Å². The highest BCUT2D eigenvalue weighted by Gasteiger charge is 2.43. The van der Waals surface area contributed by atoms with Crippen LogP contribution in [-0.4, -0.2) is 61.4 Å². The first-order chi connectivity index (χ1) is 16.7. The third-order valence-corrected chi connectivity index (χ3v) is 6.40. The maximum atomic E-state index is 13.0. The Kier molecular flexibility index (Phi) is 6.00. The van der Waals surface area contributed by atoms with E-state index < -0.39 is 11.6 Å². The summed E-state index contributed by atoms with van der Waals surface area (Å²) in [4.78, 5) is 35.2. The molecule has 1 amide bonds. The van der Waals surface area contributed by atoms with Crippen LogP contribution in [-0.2, 0) is 4.74 Å². The zero-order valence-electron chi connectivity index (χ0n) is 20.1. The molecule has 3 atom stereocenters. The predicted octanol–water partition coefficient (Wildman–Crippen LogP) is 4.05. The molecule has 1 aliphatic carbocycles. The minimum absolute atomic E-state index is 0.119. The van der Waals surface area contributed by atoms with E-state index in [9.17, 15) is 9.59 Å². The largest absolute Gasteiger partial charge is 0.490 e. The molecule has 2 fully saturated rings. The molecule has 0 spiro atoms. The van der Waals surface area contributed by atoms with E-state index in [1.165, 1.54) is 23.3 Å². The molecule has 9 heteroatoms. The van der Waals surface area contributed by atoms with Crippen molar-refractivity contribution in [3.05, 3.63) is 60.9 Å². The Labute approximate surface area is 204 Å². The topological polar surface area (TPSA) is 99.4 Å². The minimum Gasteiger partial charge on any atom is -0.490 e. The smallest absolute Gasteiger partial charge is 0.359 e. The first-order valence-corrected chi connectivity index (χ1v) is 11.9. The van der Waals surface area contributed by atoms with Gasteiger partial charge in [-0.05, 0) is 69.2 Å². The average molecular weight is 476 g/mol. The van der Waals surface area contributed by atoms with Gasteiger partial charge in [-0.3, -0.25) is 0 Å². The molecule has 9 nitrogen and oxygen atoms in total. The van der Waals surface area contributed by atoms with Crippen LogP contribution in [0.25, 0.3) is 11.1 Å². The number of hydrogen-bond acceptors (Lipinski definition) is 7. The summed E-state index contributed by atoms with van der Waals surface area (Å²) in [6.45, 7) is 6.70. The van der Waals surface area contributed by atoms with Crippen molar-refractivity contribution in [2.45, 2.75) is 45.3 Å². The van der Waals surface area contributed by atoms with Crippen LogP contribution in [0.1, 0.15) is 44.1 Å². The quantitative estimate of drug-likeness (QED) is 0.525. The molecule has 2 aliphatic rings. The van der Waals surface area contributed by atoms with E-state index in [0.717, 1.165) is 29.7 Å². The summed E-state index contributed by atoms with van der Waals surface area (Å²) in [6, 6.07) is 9.28. The first-order valence-electron chi connectivity index (χ1n) is 11.9. The number of benzene rings is 1. The molecule has 1 aromatic carbocycles. The van der Waals surface area contributed by atoms with Gasteiger partial charge in [0.15, 0.2) is 5.69 Å². The highest BCUT2D eigenvalue weighted by molar-refractivity contribution is 5.88. The number of rotatable bonds is 4. The summed E-state index contributed by atoms with van der Waals surface area (Å²) in [5, 5.41) is 4.15. The SMILES string of the molecule is CC(C)(C)OC(=O)c1ccn(C(=O)N2C[C@H]3C[C@H](Oc4cccc(-c5cncnc5)c4)C[C@H]3C2)n1. The maximum Gasteiger partial charge on any atom is 0.359 e. The maximum absolute atomic E-state index is 13.0. The number of amides is 1. The summed E-state index contributed by atoms with van der Waals surface area (Å²) >= 11 is 0. The normalized spacial score (nSPS) is 21.6. The fourth-order valence-electron chi connectivity index (χ4n) is 4.90. The second-order valence-electron chi connectivity index (χ2n) is 10.2. The van der Waals surface area contributed by atoms with Crippen molar-refractivity contribution in [1.82, 2.24) is 24.6 Å². The zero-order chi connectivity index (χ0) is 24.6.